The molecular weight excluding hydrogens is 391 g/mol. The summed E-state index contributed by atoms with van der Waals surface area (Å²) >= 11 is 2.24. The van der Waals surface area contributed by atoms with Gasteiger partial charge in [0.1, 0.15) is 0 Å². The second-order valence-electron chi connectivity index (χ2n) is 6.66. The van der Waals surface area contributed by atoms with Crippen LogP contribution in [0.25, 0.3) is 0 Å². The lowest BCUT2D eigenvalue weighted by molar-refractivity contribution is -0.0948. The summed E-state index contributed by atoms with van der Waals surface area (Å²) in [4.78, 5) is 14.7. The lowest BCUT2D eigenvalue weighted by Crippen LogP contribution is -2.58. The number of carbonyl (C=O) groups excluding carboxylic acids is 1. The van der Waals surface area contributed by atoms with Crippen LogP contribution in [-0.4, -0.2) is 48.2 Å². The van der Waals surface area contributed by atoms with Crippen molar-refractivity contribution >= 4 is 28.5 Å². The van der Waals surface area contributed by atoms with Gasteiger partial charge in [-0.3, -0.25) is 9.69 Å². The number of halogens is 1. The Kier molecular flexibility index (Phi) is 5.85. The Morgan fingerprint density at radius 3 is 2.36 bits per heavy atom. The molecule has 0 aliphatic carbocycles. The molecule has 5 heteroatoms. The molecule has 1 fully saturated rings. The van der Waals surface area contributed by atoms with Crippen LogP contribution in [0.4, 0.5) is 0 Å². The first-order valence-corrected chi connectivity index (χ1v) is 8.80. The van der Waals surface area contributed by atoms with Crippen LogP contribution in [0.2, 0.25) is 0 Å². The number of morpholine rings is 1. The fourth-order valence-electron chi connectivity index (χ4n) is 2.78. The molecule has 22 heavy (non-hydrogen) atoms. The number of benzene rings is 1. The van der Waals surface area contributed by atoms with E-state index in [-0.39, 0.29) is 23.7 Å². The third-order valence-corrected chi connectivity index (χ3v) is 4.78. The number of carbonyl (C=O) groups is 1. The van der Waals surface area contributed by atoms with Gasteiger partial charge >= 0.3 is 0 Å². The number of nitrogens with zero attached hydrogens (tertiary/aromatic N) is 1. The van der Waals surface area contributed by atoms with Crippen LogP contribution in [-0.2, 0) is 4.74 Å². The van der Waals surface area contributed by atoms with Gasteiger partial charge in [0, 0.05) is 34.3 Å². The normalized spacial score (nSPS) is 23.3. The van der Waals surface area contributed by atoms with Gasteiger partial charge in [0.05, 0.1) is 12.2 Å². The summed E-state index contributed by atoms with van der Waals surface area (Å²) in [6.45, 7) is 11.0. The van der Waals surface area contributed by atoms with Crippen LogP contribution in [0.5, 0.6) is 0 Å². The molecule has 2 rings (SSSR count). The van der Waals surface area contributed by atoms with Crippen molar-refractivity contribution in [3.63, 3.8) is 0 Å². The Balaban J connectivity index is 1.94. The highest BCUT2D eigenvalue weighted by Crippen LogP contribution is 2.20. The van der Waals surface area contributed by atoms with Crippen LogP contribution >= 0.6 is 22.6 Å². The van der Waals surface area contributed by atoms with Gasteiger partial charge in [0.2, 0.25) is 0 Å². The minimum atomic E-state index is -0.0921. The highest BCUT2D eigenvalue weighted by molar-refractivity contribution is 14.1. The van der Waals surface area contributed by atoms with Gasteiger partial charge in [0.15, 0.2) is 0 Å². The third-order valence-electron chi connectivity index (χ3n) is 4.06. The van der Waals surface area contributed by atoms with E-state index in [9.17, 15) is 4.79 Å². The number of nitrogens with one attached hydrogen (secondary N) is 1. The molecule has 1 N–H and O–H groups in total. The van der Waals surface area contributed by atoms with Crippen LogP contribution in [0.15, 0.2) is 24.3 Å². The molecule has 0 unspecified atom stereocenters. The molecule has 0 bridgehead atoms. The molecule has 2 atom stereocenters. The molecular formula is C17H25IN2O2. The third kappa shape index (κ3) is 4.67. The molecule has 1 aliphatic rings. The maximum Gasteiger partial charge on any atom is 0.251 e. The van der Waals surface area contributed by atoms with Gasteiger partial charge < -0.3 is 10.1 Å². The molecule has 1 aromatic rings. The monoisotopic (exact) mass is 416 g/mol. The zero-order valence-corrected chi connectivity index (χ0v) is 15.9. The maximum atomic E-state index is 12.3. The zero-order valence-electron chi connectivity index (χ0n) is 13.7. The molecule has 4 nitrogen and oxygen atoms in total. The van der Waals surface area contributed by atoms with Gasteiger partial charge in [-0.15, -0.1) is 0 Å². The second-order valence-corrected chi connectivity index (χ2v) is 7.91. The van der Waals surface area contributed by atoms with Crippen molar-refractivity contribution in [3.05, 3.63) is 33.4 Å². The lowest BCUT2D eigenvalue weighted by atomic mass is 10.00. The molecule has 1 amide bonds. The Morgan fingerprint density at radius 1 is 1.27 bits per heavy atom. The van der Waals surface area contributed by atoms with E-state index in [1.807, 2.05) is 24.3 Å². The minimum Gasteiger partial charge on any atom is -0.373 e. The van der Waals surface area contributed by atoms with E-state index >= 15 is 0 Å². The Morgan fingerprint density at radius 2 is 1.82 bits per heavy atom. The fraction of sp³-hybridized carbons (Fsp3) is 0.588. The van der Waals surface area contributed by atoms with E-state index in [0.29, 0.717) is 12.1 Å². The summed E-state index contributed by atoms with van der Waals surface area (Å²) in [6, 6.07) is 7.63. The van der Waals surface area contributed by atoms with Crippen molar-refractivity contribution in [2.24, 2.45) is 0 Å². The first kappa shape index (κ1) is 17.7. The molecule has 1 heterocycles. The Labute approximate surface area is 146 Å². The SMILES string of the molecule is C[C@@H]1CN(C(C)(C)CNC(=O)c2ccc(I)cc2)C[C@@H](C)O1. The number of hydrogen-bond donors (Lipinski definition) is 1. The number of hydrogen-bond acceptors (Lipinski definition) is 3. The van der Waals surface area contributed by atoms with Crippen molar-refractivity contribution in [2.45, 2.75) is 45.4 Å². The second kappa shape index (κ2) is 7.27. The highest BCUT2D eigenvalue weighted by Gasteiger charge is 2.33. The summed E-state index contributed by atoms with van der Waals surface area (Å²) in [5, 5.41) is 3.06. The largest absolute Gasteiger partial charge is 0.373 e. The topological polar surface area (TPSA) is 41.6 Å². The average Bonchev–Trinajstić information content (AvgIpc) is 2.44. The Hall–Kier alpha value is -0.660. The molecule has 0 spiro atoms. The van der Waals surface area contributed by atoms with Gasteiger partial charge in [-0.05, 0) is 74.6 Å². The van der Waals surface area contributed by atoms with Crippen molar-refractivity contribution in [1.82, 2.24) is 10.2 Å². The molecule has 1 aromatic carbocycles. The van der Waals surface area contributed by atoms with E-state index in [1.165, 1.54) is 0 Å². The van der Waals surface area contributed by atoms with Crippen LogP contribution in [0.1, 0.15) is 38.1 Å². The van der Waals surface area contributed by atoms with E-state index in [0.717, 1.165) is 16.7 Å². The van der Waals surface area contributed by atoms with Crippen molar-refractivity contribution in [3.8, 4) is 0 Å². The van der Waals surface area contributed by atoms with Gasteiger partial charge in [0.25, 0.3) is 5.91 Å². The highest BCUT2D eigenvalue weighted by atomic mass is 127. The first-order valence-electron chi connectivity index (χ1n) is 7.72. The molecule has 0 saturated carbocycles. The molecule has 1 saturated heterocycles. The Bertz CT molecular complexity index is 506. The van der Waals surface area contributed by atoms with Gasteiger partial charge in [-0.2, -0.15) is 0 Å². The lowest BCUT2D eigenvalue weighted by Gasteiger charge is -2.45. The summed E-state index contributed by atoms with van der Waals surface area (Å²) in [6.07, 6.45) is 0.463. The van der Waals surface area contributed by atoms with Crippen molar-refractivity contribution in [1.29, 1.82) is 0 Å². The molecule has 0 aromatic heterocycles. The predicted octanol–water partition coefficient (Wildman–Crippen LogP) is 2.91. The number of amides is 1. The number of ether oxygens (including phenoxy) is 1. The van der Waals surface area contributed by atoms with Gasteiger partial charge in [-0.1, -0.05) is 0 Å². The van der Waals surface area contributed by atoms with Crippen LogP contribution in [0.3, 0.4) is 0 Å². The van der Waals surface area contributed by atoms with Crippen LogP contribution < -0.4 is 5.32 Å². The van der Waals surface area contributed by atoms with E-state index in [1.54, 1.807) is 0 Å². The average molecular weight is 416 g/mol. The van der Waals surface area contributed by atoms with Crippen molar-refractivity contribution < 1.29 is 9.53 Å². The zero-order chi connectivity index (χ0) is 16.3. The number of rotatable bonds is 4. The molecule has 1 aliphatic heterocycles. The molecule has 0 radical (unpaired) electrons. The minimum absolute atomic E-state index is 0.0150. The summed E-state index contributed by atoms with van der Waals surface area (Å²) in [5.74, 6) is -0.0150. The summed E-state index contributed by atoms with van der Waals surface area (Å²) < 4.78 is 6.92. The maximum absolute atomic E-state index is 12.3. The fourth-order valence-corrected chi connectivity index (χ4v) is 3.14. The molecule has 122 valence electrons. The predicted molar refractivity (Wildman–Crippen MR) is 97.2 cm³/mol. The van der Waals surface area contributed by atoms with E-state index < -0.39 is 0 Å². The van der Waals surface area contributed by atoms with Crippen LogP contribution in [0, 0.1) is 3.57 Å². The van der Waals surface area contributed by atoms with E-state index in [2.05, 4.69) is 60.5 Å². The standard InChI is InChI=1S/C17H25IN2O2/c1-12-9-20(10-13(2)22-12)17(3,4)11-19-16(21)14-5-7-15(18)8-6-14/h5-8,12-13H,9-11H2,1-4H3,(H,19,21)/t12-,13-/m1/s1. The smallest absolute Gasteiger partial charge is 0.251 e. The first-order chi connectivity index (χ1) is 10.3. The summed E-state index contributed by atoms with van der Waals surface area (Å²) in [5.41, 5.74) is 0.616. The van der Waals surface area contributed by atoms with Gasteiger partial charge in [-0.25, -0.2) is 0 Å². The van der Waals surface area contributed by atoms with Crippen molar-refractivity contribution in [2.75, 3.05) is 19.6 Å². The van der Waals surface area contributed by atoms with E-state index in [4.69, 9.17) is 4.74 Å². The quantitative estimate of drug-likeness (QED) is 0.768. The summed E-state index contributed by atoms with van der Waals surface area (Å²) in [7, 11) is 0.